The number of carbonyl (C=O) groups is 1. The predicted octanol–water partition coefficient (Wildman–Crippen LogP) is 0.500. The Kier molecular flexibility index (Phi) is 3.19. The van der Waals surface area contributed by atoms with Gasteiger partial charge in [0, 0.05) is 25.9 Å². The first kappa shape index (κ1) is 10.8. The monoisotopic (exact) mass is 212 g/mol. The molecule has 4 heteroatoms. The maximum Gasteiger partial charge on any atom is 0.157 e. The van der Waals surface area contributed by atoms with E-state index >= 15 is 0 Å². The van der Waals surface area contributed by atoms with Crippen molar-refractivity contribution in [2.24, 2.45) is 11.8 Å². The van der Waals surface area contributed by atoms with E-state index in [1.807, 2.05) is 0 Å². The number of aliphatic hydroxyl groups is 1. The molecular weight excluding hydrogens is 196 g/mol. The lowest BCUT2D eigenvalue weighted by Crippen LogP contribution is -2.19. The standard InChI is InChI=1S/C11H16O4/c1-14-11-5-8-7(3-2-4-12)9(13)6-10(8)15-11/h2-4,7-11,13H,5-6H2,1H3/b3-2+/t7-,8-,9-,10+,11-/m1/s1. The van der Waals surface area contributed by atoms with Crippen molar-refractivity contribution < 1.29 is 19.4 Å². The molecule has 5 atom stereocenters. The normalized spacial score (nSPS) is 44.8. The molecule has 0 spiro atoms. The van der Waals surface area contributed by atoms with Gasteiger partial charge in [-0.05, 0) is 12.0 Å². The minimum atomic E-state index is -0.394. The van der Waals surface area contributed by atoms with E-state index in [4.69, 9.17) is 9.47 Å². The Labute approximate surface area is 88.9 Å². The molecule has 0 aromatic carbocycles. The fraction of sp³-hybridized carbons (Fsp3) is 0.727. The van der Waals surface area contributed by atoms with Gasteiger partial charge in [0.1, 0.15) is 6.29 Å². The molecule has 0 bridgehead atoms. The summed E-state index contributed by atoms with van der Waals surface area (Å²) < 4.78 is 10.7. The Bertz CT molecular complexity index is 263. The molecule has 2 rings (SSSR count). The van der Waals surface area contributed by atoms with Gasteiger partial charge in [-0.25, -0.2) is 0 Å². The van der Waals surface area contributed by atoms with Crippen LogP contribution in [0.3, 0.4) is 0 Å². The van der Waals surface area contributed by atoms with Gasteiger partial charge in [0.25, 0.3) is 0 Å². The summed E-state index contributed by atoms with van der Waals surface area (Å²) in [6.45, 7) is 0. The molecule has 2 fully saturated rings. The first-order valence-electron chi connectivity index (χ1n) is 5.24. The number of aldehydes is 1. The fourth-order valence-electron chi connectivity index (χ4n) is 2.64. The topological polar surface area (TPSA) is 55.8 Å². The van der Waals surface area contributed by atoms with Crippen LogP contribution < -0.4 is 0 Å². The third-order valence-electron chi connectivity index (χ3n) is 3.36. The molecule has 1 heterocycles. The fourth-order valence-corrected chi connectivity index (χ4v) is 2.64. The zero-order valence-corrected chi connectivity index (χ0v) is 8.70. The van der Waals surface area contributed by atoms with Crippen LogP contribution >= 0.6 is 0 Å². The van der Waals surface area contributed by atoms with Crippen molar-refractivity contribution in [3.05, 3.63) is 12.2 Å². The molecule has 1 N–H and O–H groups in total. The van der Waals surface area contributed by atoms with Crippen molar-refractivity contribution in [1.82, 2.24) is 0 Å². The van der Waals surface area contributed by atoms with E-state index in [2.05, 4.69) is 0 Å². The molecule has 0 aromatic rings. The number of fused-ring (bicyclic) bond motifs is 1. The molecule has 15 heavy (non-hydrogen) atoms. The highest BCUT2D eigenvalue weighted by molar-refractivity contribution is 5.64. The Hall–Kier alpha value is -0.710. The second-order valence-electron chi connectivity index (χ2n) is 4.14. The van der Waals surface area contributed by atoms with Crippen LogP contribution in [0.25, 0.3) is 0 Å². The van der Waals surface area contributed by atoms with Gasteiger partial charge in [-0.15, -0.1) is 0 Å². The molecule has 0 amide bonds. The first-order valence-corrected chi connectivity index (χ1v) is 5.24. The lowest BCUT2D eigenvalue weighted by molar-refractivity contribution is -0.118. The molecule has 0 aromatic heterocycles. The molecule has 1 saturated heterocycles. The maximum atomic E-state index is 10.3. The molecule has 2 aliphatic rings. The third kappa shape index (κ3) is 1.97. The Balaban J connectivity index is 2.05. The van der Waals surface area contributed by atoms with E-state index in [1.165, 1.54) is 6.08 Å². The average molecular weight is 212 g/mol. The largest absolute Gasteiger partial charge is 0.392 e. The molecule has 84 valence electrons. The number of ether oxygens (including phenoxy) is 2. The van der Waals surface area contributed by atoms with E-state index in [-0.39, 0.29) is 24.2 Å². The van der Waals surface area contributed by atoms with Crippen LogP contribution in [-0.4, -0.2) is 37.0 Å². The summed E-state index contributed by atoms with van der Waals surface area (Å²) in [5.41, 5.74) is 0. The summed E-state index contributed by atoms with van der Waals surface area (Å²) in [5, 5.41) is 9.79. The van der Waals surface area contributed by atoms with Crippen molar-refractivity contribution in [1.29, 1.82) is 0 Å². The number of hydrogen-bond donors (Lipinski definition) is 1. The highest BCUT2D eigenvalue weighted by Gasteiger charge is 2.48. The lowest BCUT2D eigenvalue weighted by atomic mass is 9.92. The maximum absolute atomic E-state index is 10.3. The first-order chi connectivity index (χ1) is 7.26. The average Bonchev–Trinajstić information content (AvgIpc) is 2.72. The molecule has 1 aliphatic heterocycles. The number of aliphatic hydroxyl groups excluding tert-OH is 1. The molecule has 4 nitrogen and oxygen atoms in total. The zero-order valence-electron chi connectivity index (χ0n) is 8.70. The molecular formula is C11H16O4. The van der Waals surface area contributed by atoms with Gasteiger partial charge in [0.05, 0.1) is 12.2 Å². The van der Waals surface area contributed by atoms with Crippen LogP contribution in [0.4, 0.5) is 0 Å². The number of carbonyl (C=O) groups excluding carboxylic acids is 1. The van der Waals surface area contributed by atoms with E-state index in [0.29, 0.717) is 6.42 Å². The summed E-state index contributed by atoms with van der Waals surface area (Å²) in [5.74, 6) is 0.307. The zero-order chi connectivity index (χ0) is 10.8. The molecule has 1 saturated carbocycles. The van der Waals surface area contributed by atoms with E-state index < -0.39 is 6.10 Å². The van der Waals surface area contributed by atoms with E-state index in [0.717, 1.165) is 12.7 Å². The highest BCUT2D eigenvalue weighted by atomic mass is 16.7. The van der Waals surface area contributed by atoms with Crippen molar-refractivity contribution in [3.8, 4) is 0 Å². The number of allylic oxidation sites excluding steroid dienone is 1. The van der Waals surface area contributed by atoms with Gasteiger partial charge in [-0.2, -0.15) is 0 Å². The Morgan fingerprint density at radius 2 is 2.27 bits per heavy atom. The second-order valence-corrected chi connectivity index (χ2v) is 4.14. The van der Waals surface area contributed by atoms with Gasteiger partial charge in [0.15, 0.2) is 6.29 Å². The second kappa shape index (κ2) is 4.43. The van der Waals surface area contributed by atoms with Gasteiger partial charge < -0.3 is 14.6 Å². The number of rotatable bonds is 3. The SMILES string of the molecule is CO[C@H]1C[C@@H]2[C@@H](/C=C/C=O)[C@H](O)C[C@@H]2O1. The highest BCUT2D eigenvalue weighted by Crippen LogP contribution is 2.43. The third-order valence-corrected chi connectivity index (χ3v) is 3.36. The van der Waals surface area contributed by atoms with E-state index in [9.17, 15) is 9.90 Å². The van der Waals surface area contributed by atoms with Crippen LogP contribution in [-0.2, 0) is 14.3 Å². The van der Waals surface area contributed by atoms with Crippen molar-refractivity contribution in [2.75, 3.05) is 7.11 Å². The number of hydrogen-bond acceptors (Lipinski definition) is 4. The van der Waals surface area contributed by atoms with Crippen LogP contribution in [0.5, 0.6) is 0 Å². The predicted molar refractivity (Wildman–Crippen MR) is 53.1 cm³/mol. The molecule has 0 unspecified atom stereocenters. The molecule has 1 aliphatic carbocycles. The van der Waals surface area contributed by atoms with Crippen LogP contribution in [0.2, 0.25) is 0 Å². The summed E-state index contributed by atoms with van der Waals surface area (Å²) in [7, 11) is 1.62. The summed E-state index contributed by atoms with van der Waals surface area (Å²) in [4.78, 5) is 10.3. The Morgan fingerprint density at radius 1 is 1.47 bits per heavy atom. The van der Waals surface area contributed by atoms with Gasteiger partial charge >= 0.3 is 0 Å². The summed E-state index contributed by atoms with van der Waals surface area (Å²) in [6.07, 6.45) is 4.94. The minimum absolute atomic E-state index is 0.0281. The van der Waals surface area contributed by atoms with Gasteiger partial charge in [-0.1, -0.05) is 6.08 Å². The van der Waals surface area contributed by atoms with Crippen molar-refractivity contribution in [2.45, 2.75) is 31.3 Å². The smallest absolute Gasteiger partial charge is 0.157 e. The summed E-state index contributed by atoms with van der Waals surface area (Å²) in [6, 6.07) is 0. The van der Waals surface area contributed by atoms with Crippen LogP contribution in [0.1, 0.15) is 12.8 Å². The quantitative estimate of drug-likeness (QED) is 0.546. The lowest BCUT2D eigenvalue weighted by Gasteiger charge is -2.16. The Morgan fingerprint density at radius 3 is 2.93 bits per heavy atom. The van der Waals surface area contributed by atoms with Crippen molar-refractivity contribution in [3.63, 3.8) is 0 Å². The van der Waals surface area contributed by atoms with Crippen LogP contribution in [0.15, 0.2) is 12.2 Å². The molecule has 0 radical (unpaired) electrons. The van der Waals surface area contributed by atoms with Crippen molar-refractivity contribution >= 4 is 6.29 Å². The van der Waals surface area contributed by atoms with E-state index in [1.54, 1.807) is 13.2 Å². The van der Waals surface area contributed by atoms with Gasteiger partial charge in [0.2, 0.25) is 0 Å². The van der Waals surface area contributed by atoms with Crippen LogP contribution in [0, 0.1) is 11.8 Å². The van der Waals surface area contributed by atoms with Gasteiger partial charge in [-0.3, -0.25) is 4.79 Å². The summed E-state index contributed by atoms with van der Waals surface area (Å²) >= 11 is 0. The minimum Gasteiger partial charge on any atom is -0.392 e. The number of methoxy groups -OCH3 is 1.